The Morgan fingerprint density at radius 3 is 2.52 bits per heavy atom. The van der Waals surface area contributed by atoms with E-state index in [1.54, 1.807) is 11.8 Å². The number of hydrogen-bond acceptors (Lipinski definition) is 2. The van der Waals surface area contributed by atoms with Crippen LogP contribution < -0.4 is 10.6 Å². The van der Waals surface area contributed by atoms with Gasteiger partial charge in [0.1, 0.15) is 0 Å². The smallest absolute Gasteiger partial charge is 0.319 e. The summed E-state index contributed by atoms with van der Waals surface area (Å²) in [7, 11) is 0. The van der Waals surface area contributed by atoms with Crippen LogP contribution in [0.4, 0.5) is 10.5 Å². The Morgan fingerprint density at radius 1 is 1.14 bits per heavy atom. The van der Waals surface area contributed by atoms with E-state index >= 15 is 0 Å². The molecule has 0 fully saturated rings. The van der Waals surface area contributed by atoms with Crippen molar-refractivity contribution < 1.29 is 4.79 Å². The zero-order valence-electron chi connectivity index (χ0n) is 12.5. The van der Waals surface area contributed by atoms with Gasteiger partial charge in [0, 0.05) is 10.6 Å². The average molecular weight is 300 g/mol. The molecule has 21 heavy (non-hydrogen) atoms. The van der Waals surface area contributed by atoms with Gasteiger partial charge in [0.25, 0.3) is 0 Å². The van der Waals surface area contributed by atoms with E-state index in [2.05, 4.69) is 10.6 Å². The highest BCUT2D eigenvalue weighted by Gasteiger charge is 2.09. The molecule has 2 rings (SSSR count). The minimum Gasteiger partial charge on any atom is -0.331 e. The molecule has 2 aromatic rings. The van der Waals surface area contributed by atoms with Gasteiger partial charge in [0.2, 0.25) is 0 Å². The van der Waals surface area contributed by atoms with Crippen LogP contribution in [0.25, 0.3) is 0 Å². The van der Waals surface area contributed by atoms with Crippen LogP contribution in [0, 0.1) is 6.92 Å². The highest BCUT2D eigenvalue weighted by atomic mass is 32.2. The standard InChI is InChI=1S/C17H20N2OS/c1-12-7-9-14(10-8-12)13(2)18-17(20)19-15-5-4-6-16(11-15)21-3/h4-11,13H,1-3H3,(H2,18,19,20)/t13-/m0/s1. The summed E-state index contributed by atoms with van der Waals surface area (Å²) in [6, 6.07) is 15.7. The van der Waals surface area contributed by atoms with Crippen molar-refractivity contribution in [2.24, 2.45) is 0 Å². The fraction of sp³-hybridized carbons (Fsp3) is 0.235. The van der Waals surface area contributed by atoms with E-state index in [0.29, 0.717) is 0 Å². The number of urea groups is 1. The lowest BCUT2D eigenvalue weighted by molar-refractivity contribution is 0.249. The van der Waals surface area contributed by atoms with E-state index in [0.717, 1.165) is 16.1 Å². The lowest BCUT2D eigenvalue weighted by Gasteiger charge is -2.15. The van der Waals surface area contributed by atoms with Crippen LogP contribution >= 0.6 is 11.8 Å². The third kappa shape index (κ3) is 4.53. The first-order chi connectivity index (χ1) is 10.1. The van der Waals surface area contributed by atoms with Crippen LogP contribution in [0.1, 0.15) is 24.1 Å². The maximum absolute atomic E-state index is 12.0. The van der Waals surface area contributed by atoms with Crippen molar-refractivity contribution in [3.63, 3.8) is 0 Å². The molecular formula is C17H20N2OS. The van der Waals surface area contributed by atoms with Crippen LogP contribution in [-0.2, 0) is 0 Å². The van der Waals surface area contributed by atoms with Crippen molar-refractivity contribution in [2.75, 3.05) is 11.6 Å². The van der Waals surface area contributed by atoms with Crippen molar-refractivity contribution >= 4 is 23.5 Å². The van der Waals surface area contributed by atoms with E-state index in [-0.39, 0.29) is 12.1 Å². The van der Waals surface area contributed by atoms with Gasteiger partial charge < -0.3 is 10.6 Å². The Morgan fingerprint density at radius 2 is 1.86 bits per heavy atom. The van der Waals surface area contributed by atoms with Crippen LogP contribution in [-0.4, -0.2) is 12.3 Å². The van der Waals surface area contributed by atoms with Crippen molar-refractivity contribution in [1.82, 2.24) is 5.32 Å². The third-order valence-electron chi connectivity index (χ3n) is 3.25. The number of nitrogens with one attached hydrogen (secondary N) is 2. The van der Waals surface area contributed by atoms with Crippen molar-refractivity contribution in [3.8, 4) is 0 Å². The summed E-state index contributed by atoms with van der Waals surface area (Å²) in [5, 5.41) is 5.81. The second kappa shape index (κ2) is 7.18. The quantitative estimate of drug-likeness (QED) is 0.810. The molecule has 0 aromatic heterocycles. The fourth-order valence-electron chi connectivity index (χ4n) is 2.00. The fourth-order valence-corrected chi connectivity index (χ4v) is 2.46. The van der Waals surface area contributed by atoms with Crippen LogP contribution in [0.5, 0.6) is 0 Å². The van der Waals surface area contributed by atoms with Crippen molar-refractivity contribution in [3.05, 3.63) is 59.7 Å². The molecule has 0 aliphatic heterocycles. The molecule has 110 valence electrons. The van der Waals surface area contributed by atoms with Gasteiger partial charge in [-0.3, -0.25) is 0 Å². The van der Waals surface area contributed by atoms with E-state index in [1.165, 1.54) is 5.56 Å². The monoisotopic (exact) mass is 300 g/mol. The van der Waals surface area contributed by atoms with Gasteiger partial charge >= 0.3 is 6.03 Å². The second-order valence-electron chi connectivity index (χ2n) is 4.96. The van der Waals surface area contributed by atoms with E-state index in [9.17, 15) is 4.79 Å². The zero-order valence-corrected chi connectivity index (χ0v) is 13.3. The Hall–Kier alpha value is -1.94. The Balaban J connectivity index is 1.96. The molecule has 2 amide bonds. The summed E-state index contributed by atoms with van der Waals surface area (Å²) < 4.78 is 0. The normalized spacial score (nSPS) is 11.8. The summed E-state index contributed by atoms with van der Waals surface area (Å²) in [6.45, 7) is 4.02. The number of hydrogen-bond donors (Lipinski definition) is 2. The number of carbonyl (C=O) groups is 1. The van der Waals surface area contributed by atoms with Crippen LogP contribution in [0.2, 0.25) is 0 Å². The van der Waals surface area contributed by atoms with Gasteiger partial charge in [0.15, 0.2) is 0 Å². The first-order valence-electron chi connectivity index (χ1n) is 6.86. The van der Waals surface area contributed by atoms with Crippen molar-refractivity contribution in [2.45, 2.75) is 24.8 Å². The summed E-state index contributed by atoms with van der Waals surface area (Å²) >= 11 is 1.65. The minimum absolute atomic E-state index is 0.0330. The molecule has 0 saturated carbocycles. The first-order valence-corrected chi connectivity index (χ1v) is 8.09. The summed E-state index contributed by atoms with van der Waals surface area (Å²) in [6.07, 6.45) is 2.01. The second-order valence-corrected chi connectivity index (χ2v) is 5.84. The molecule has 0 radical (unpaired) electrons. The average Bonchev–Trinajstić information content (AvgIpc) is 2.47. The lowest BCUT2D eigenvalue weighted by atomic mass is 10.1. The number of amides is 2. The number of thioether (sulfide) groups is 1. The van der Waals surface area contributed by atoms with Gasteiger partial charge in [0.05, 0.1) is 6.04 Å². The minimum atomic E-state index is -0.193. The maximum atomic E-state index is 12.0. The van der Waals surface area contributed by atoms with Gasteiger partial charge in [-0.2, -0.15) is 0 Å². The SMILES string of the molecule is CSc1cccc(NC(=O)N[C@@H](C)c2ccc(C)cc2)c1. The Kier molecular flexibility index (Phi) is 5.28. The van der Waals surface area contributed by atoms with Crippen LogP contribution in [0.15, 0.2) is 53.4 Å². The molecule has 0 heterocycles. The molecule has 0 bridgehead atoms. The molecule has 4 heteroatoms. The van der Waals surface area contributed by atoms with E-state index in [4.69, 9.17) is 0 Å². The highest BCUT2D eigenvalue weighted by Crippen LogP contribution is 2.19. The molecule has 3 nitrogen and oxygen atoms in total. The summed E-state index contributed by atoms with van der Waals surface area (Å²) in [5.74, 6) is 0. The van der Waals surface area contributed by atoms with Gasteiger partial charge in [-0.05, 0) is 43.9 Å². The number of benzene rings is 2. The lowest BCUT2D eigenvalue weighted by Crippen LogP contribution is -2.31. The molecule has 0 aliphatic rings. The molecule has 2 aromatic carbocycles. The van der Waals surface area contributed by atoms with Crippen LogP contribution in [0.3, 0.4) is 0 Å². The Labute approximate surface area is 130 Å². The topological polar surface area (TPSA) is 41.1 Å². The van der Waals surface area contributed by atoms with Gasteiger partial charge in [-0.25, -0.2) is 4.79 Å². The molecule has 0 unspecified atom stereocenters. The molecule has 0 spiro atoms. The summed E-state index contributed by atoms with van der Waals surface area (Å²) in [5.41, 5.74) is 3.10. The van der Waals surface area contributed by atoms with Gasteiger partial charge in [-0.15, -0.1) is 11.8 Å². The predicted molar refractivity (Wildman–Crippen MR) is 90.0 cm³/mol. The predicted octanol–water partition coefficient (Wildman–Crippen LogP) is 4.60. The number of anilines is 1. The van der Waals surface area contributed by atoms with Gasteiger partial charge in [-0.1, -0.05) is 35.9 Å². The van der Waals surface area contributed by atoms with E-state index < -0.39 is 0 Å². The Bertz CT molecular complexity index is 610. The highest BCUT2D eigenvalue weighted by molar-refractivity contribution is 7.98. The van der Waals surface area contributed by atoms with E-state index in [1.807, 2.05) is 68.6 Å². The maximum Gasteiger partial charge on any atom is 0.319 e. The number of carbonyl (C=O) groups excluding carboxylic acids is 1. The molecule has 0 aliphatic carbocycles. The zero-order chi connectivity index (χ0) is 15.2. The molecular weight excluding hydrogens is 280 g/mol. The van der Waals surface area contributed by atoms with Crippen molar-refractivity contribution in [1.29, 1.82) is 0 Å². The molecule has 2 N–H and O–H groups in total. The molecule has 1 atom stereocenters. The first kappa shape index (κ1) is 15.4. The third-order valence-corrected chi connectivity index (χ3v) is 3.98. The largest absolute Gasteiger partial charge is 0.331 e. The molecule has 0 saturated heterocycles. The number of rotatable bonds is 4. The number of aryl methyl sites for hydroxylation is 1. The summed E-state index contributed by atoms with van der Waals surface area (Å²) in [4.78, 5) is 13.2.